The van der Waals surface area contributed by atoms with Gasteiger partial charge in [0, 0.05) is 28.8 Å². The highest BCUT2D eigenvalue weighted by atomic mass is 79.9. The van der Waals surface area contributed by atoms with Crippen LogP contribution in [0.4, 0.5) is 5.69 Å². The molecule has 0 aromatic heterocycles. The maximum atomic E-state index is 3.64. The number of piperidine rings is 1. The summed E-state index contributed by atoms with van der Waals surface area (Å²) in [6.45, 7) is 9.10. The van der Waals surface area contributed by atoms with Crippen molar-refractivity contribution in [2.24, 2.45) is 0 Å². The van der Waals surface area contributed by atoms with Crippen molar-refractivity contribution in [3.63, 3.8) is 0 Å². The SMILES string of the molecule is CCCNC(C)c1cc(Br)ccc1N1CCCCC1CC. The van der Waals surface area contributed by atoms with Crippen molar-refractivity contribution in [3.05, 3.63) is 28.2 Å². The molecule has 2 nitrogen and oxygen atoms in total. The quantitative estimate of drug-likeness (QED) is 0.749. The minimum Gasteiger partial charge on any atom is -0.368 e. The Hall–Kier alpha value is -0.540. The second-order valence-corrected chi connectivity index (χ2v) is 7.05. The Bertz CT molecular complexity index is 447. The van der Waals surface area contributed by atoms with E-state index in [-0.39, 0.29) is 0 Å². The van der Waals surface area contributed by atoms with E-state index in [1.165, 1.54) is 54.4 Å². The molecule has 0 radical (unpaired) electrons. The summed E-state index contributed by atoms with van der Waals surface area (Å²) >= 11 is 3.64. The Morgan fingerprint density at radius 3 is 2.86 bits per heavy atom. The van der Waals surface area contributed by atoms with Gasteiger partial charge in [-0.05, 0) is 69.3 Å². The first-order chi connectivity index (χ1) is 10.2. The monoisotopic (exact) mass is 352 g/mol. The van der Waals surface area contributed by atoms with Gasteiger partial charge in [0.25, 0.3) is 0 Å². The van der Waals surface area contributed by atoms with Crippen LogP contribution in [-0.4, -0.2) is 19.1 Å². The molecule has 1 N–H and O–H groups in total. The summed E-state index contributed by atoms with van der Waals surface area (Å²) in [4.78, 5) is 2.65. The predicted octanol–water partition coefficient (Wildman–Crippen LogP) is 5.28. The van der Waals surface area contributed by atoms with Crippen LogP contribution < -0.4 is 10.2 Å². The van der Waals surface area contributed by atoms with Crippen molar-refractivity contribution >= 4 is 21.6 Å². The summed E-state index contributed by atoms with van der Waals surface area (Å²) in [5.41, 5.74) is 2.86. The van der Waals surface area contributed by atoms with Crippen molar-refractivity contribution in [3.8, 4) is 0 Å². The highest BCUT2D eigenvalue weighted by molar-refractivity contribution is 9.10. The largest absolute Gasteiger partial charge is 0.368 e. The van der Waals surface area contributed by atoms with Gasteiger partial charge in [0.2, 0.25) is 0 Å². The summed E-state index contributed by atoms with van der Waals surface area (Å²) < 4.78 is 1.18. The zero-order valence-electron chi connectivity index (χ0n) is 13.7. The summed E-state index contributed by atoms with van der Waals surface area (Å²) in [6, 6.07) is 7.89. The molecule has 3 heteroatoms. The van der Waals surface area contributed by atoms with E-state index in [1.807, 2.05) is 0 Å². The van der Waals surface area contributed by atoms with Gasteiger partial charge in [0.05, 0.1) is 0 Å². The third-order valence-corrected chi connectivity index (χ3v) is 5.06. The molecule has 1 aromatic carbocycles. The first-order valence-corrected chi connectivity index (χ1v) is 9.26. The van der Waals surface area contributed by atoms with E-state index in [1.54, 1.807) is 0 Å². The van der Waals surface area contributed by atoms with Gasteiger partial charge < -0.3 is 10.2 Å². The third kappa shape index (κ3) is 4.23. The molecule has 2 atom stereocenters. The normalized spacial score (nSPS) is 20.6. The van der Waals surface area contributed by atoms with E-state index < -0.39 is 0 Å². The summed E-state index contributed by atoms with van der Waals surface area (Å²) in [5.74, 6) is 0. The van der Waals surface area contributed by atoms with Crippen molar-refractivity contribution in [1.82, 2.24) is 5.32 Å². The number of benzene rings is 1. The Morgan fingerprint density at radius 1 is 1.33 bits per heavy atom. The Labute approximate surface area is 138 Å². The van der Waals surface area contributed by atoms with Gasteiger partial charge in [-0.1, -0.05) is 29.8 Å². The molecule has 0 aliphatic carbocycles. The average molecular weight is 353 g/mol. The molecule has 2 rings (SSSR count). The lowest BCUT2D eigenvalue weighted by Gasteiger charge is -2.39. The minimum absolute atomic E-state index is 0.400. The zero-order valence-corrected chi connectivity index (χ0v) is 15.2. The fraction of sp³-hybridized carbons (Fsp3) is 0.667. The number of hydrogen-bond acceptors (Lipinski definition) is 2. The molecule has 2 unspecified atom stereocenters. The van der Waals surface area contributed by atoms with Crippen LogP contribution in [0.2, 0.25) is 0 Å². The van der Waals surface area contributed by atoms with Crippen molar-refractivity contribution in [2.45, 2.75) is 65.0 Å². The van der Waals surface area contributed by atoms with Gasteiger partial charge in [0.15, 0.2) is 0 Å². The van der Waals surface area contributed by atoms with Crippen molar-refractivity contribution < 1.29 is 0 Å². The number of nitrogens with one attached hydrogen (secondary N) is 1. The predicted molar refractivity (Wildman–Crippen MR) is 96.1 cm³/mol. The first kappa shape index (κ1) is 16.8. The highest BCUT2D eigenvalue weighted by Crippen LogP contribution is 2.34. The first-order valence-electron chi connectivity index (χ1n) is 8.46. The second-order valence-electron chi connectivity index (χ2n) is 6.13. The van der Waals surface area contributed by atoms with E-state index in [4.69, 9.17) is 0 Å². The van der Waals surface area contributed by atoms with Crippen LogP contribution in [0.1, 0.15) is 64.5 Å². The van der Waals surface area contributed by atoms with Gasteiger partial charge in [-0.3, -0.25) is 0 Å². The molecular formula is C18H29BrN2. The molecule has 118 valence electrons. The van der Waals surface area contributed by atoms with Crippen molar-refractivity contribution in [1.29, 1.82) is 0 Å². The average Bonchev–Trinajstić information content (AvgIpc) is 2.52. The van der Waals surface area contributed by atoms with E-state index in [2.05, 4.69) is 65.1 Å². The molecule has 0 amide bonds. The smallest absolute Gasteiger partial charge is 0.0417 e. The Kier molecular flexibility index (Phi) is 6.56. The van der Waals surface area contributed by atoms with Crippen molar-refractivity contribution in [2.75, 3.05) is 18.0 Å². The zero-order chi connectivity index (χ0) is 15.2. The Balaban J connectivity index is 2.28. The van der Waals surface area contributed by atoms with Gasteiger partial charge in [-0.2, -0.15) is 0 Å². The molecule has 1 heterocycles. The van der Waals surface area contributed by atoms with Gasteiger partial charge in [0.1, 0.15) is 0 Å². The molecule has 0 saturated carbocycles. The number of nitrogens with zero attached hydrogens (tertiary/aromatic N) is 1. The van der Waals surface area contributed by atoms with Crippen LogP contribution in [-0.2, 0) is 0 Å². The molecule has 1 aliphatic heterocycles. The molecule has 1 aliphatic rings. The van der Waals surface area contributed by atoms with Crippen LogP contribution in [0.5, 0.6) is 0 Å². The lowest BCUT2D eigenvalue weighted by Crippen LogP contribution is -2.40. The van der Waals surface area contributed by atoms with Gasteiger partial charge in [-0.15, -0.1) is 0 Å². The van der Waals surface area contributed by atoms with Crippen LogP contribution in [0.15, 0.2) is 22.7 Å². The fourth-order valence-corrected chi connectivity index (χ4v) is 3.73. The summed E-state index contributed by atoms with van der Waals surface area (Å²) in [7, 11) is 0. The van der Waals surface area contributed by atoms with Crippen LogP contribution in [0.25, 0.3) is 0 Å². The highest BCUT2D eigenvalue weighted by Gasteiger charge is 2.24. The molecular weight excluding hydrogens is 324 g/mol. The van der Waals surface area contributed by atoms with Crippen LogP contribution in [0, 0.1) is 0 Å². The van der Waals surface area contributed by atoms with E-state index in [0.29, 0.717) is 12.1 Å². The maximum Gasteiger partial charge on any atom is 0.0417 e. The topological polar surface area (TPSA) is 15.3 Å². The number of rotatable bonds is 6. The molecule has 1 saturated heterocycles. The standard InChI is InChI=1S/C18H29BrN2/c1-4-11-20-14(3)17-13-15(19)9-10-18(17)21-12-7-6-8-16(21)5-2/h9-10,13-14,16,20H,4-8,11-12H2,1-3H3. The summed E-state index contributed by atoms with van der Waals surface area (Å²) in [5, 5.41) is 3.64. The van der Waals surface area contributed by atoms with Crippen LogP contribution in [0.3, 0.4) is 0 Å². The maximum absolute atomic E-state index is 3.64. The molecule has 0 bridgehead atoms. The van der Waals surface area contributed by atoms with Gasteiger partial charge in [-0.25, -0.2) is 0 Å². The fourth-order valence-electron chi connectivity index (χ4n) is 3.35. The molecule has 1 fully saturated rings. The number of anilines is 1. The lowest BCUT2D eigenvalue weighted by molar-refractivity contribution is 0.447. The second kappa shape index (κ2) is 8.19. The molecule has 0 spiro atoms. The van der Waals surface area contributed by atoms with E-state index in [0.717, 1.165) is 6.54 Å². The number of hydrogen-bond donors (Lipinski definition) is 1. The third-order valence-electron chi connectivity index (χ3n) is 4.56. The van der Waals surface area contributed by atoms with Gasteiger partial charge >= 0.3 is 0 Å². The number of halogens is 1. The molecule has 1 aromatic rings. The minimum atomic E-state index is 0.400. The van der Waals surface area contributed by atoms with E-state index >= 15 is 0 Å². The lowest BCUT2D eigenvalue weighted by atomic mass is 9.96. The molecule has 21 heavy (non-hydrogen) atoms. The van der Waals surface area contributed by atoms with E-state index in [9.17, 15) is 0 Å². The van der Waals surface area contributed by atoms with Crippen LogP contribution >= 0.6 is 15.9 Å². The Morgan fingerprint density at radius 2 is 2.14 bits per heavy atom. The summed E-state index contributed by atoms with van der Waals surface area (Å²) in [6.07, 6.45) is 6.46.